The Morgan fingerprint density at radius 2 is 1.50 bits per heavy atom. The first-order valence-corrected chi connectivity index (χ1v) is 8.75. The van der Waals surface area contributed by atoms with E-state index < -0.39 is 0 Å². The summed E-state index contributed by atoms with van der Waals surface area (Å²) in [4.78, 5) is 15.9. The van der Waals surface area contributed by atoms with Crippen LogP contribution in [0.15, 0.2) is 91.1 Å². The van der Waals surface area contributed by atoms with Crippen LogP contribution in [0.4, 0.5) is 0 Å². The molecule has 3 aromatic carbocycles. The fraction of sp³-hybridized carbons (Fsp3) is 0.0870. The van der Waals surface area contributed by atoms with Gasteiger partial charge in [-0.25, -0.2) is 0 Å². The SMILES string of the molecule is O=C(Cc1ccc2cc[nH]c2c1)NC(c1ccccc1)c1ccccc1. The highest BCUT2D eigenvalue weighted by molar-refractivity contribution is 5.83. The lowest BCUT2D eigenvalue weighted by atomic mass is 9.98. The number of amides is 1. The number of nitrogens with one attached hydrogen (secondary N) is 2. The molecule has 0 saturated carbocycles. The molecule has 4 aromatic rings. The summed E-state index contributed by atoms with van der Waals surface area (Å²) in [7, 11) is 0. The molecule has 4 rings (SSSR count). The van der Waals surface area contributed by atoms with Crippen LogP contribution in [-0.4, -0.2) is 10.9 Å². The number of benzene rings is 3. The molecule has 0 fully saturated rings. The number of fused-ring (bicyclic) bond motifs is 1. The number of H-pyrrole nitrogens is 1. The van der Waals surface area contributed by atoms with Gasteiger partial charge in [-0.1, -0.05) is 72.8 Å². The smallest absolute Gasteiger partial charge is 0.225 e. The van der Waals surface area contributed by atoms with Gasteiger partial charge in [0, 0.05) is 11.7 Å². The number of aromatic nitrogens is 1. The third-order valence-corrected chi connectivity index (χ3v) is 4.56. The quantitative estimate of drug-likeness (QED) is 0.547. The third-order valence-electron chi connectivity index (χ3n) is 4.56. The van der Waals surface area contributed by atoms with Gasteiger partial charge in [0.2, 0.25) is 5.91 Å². The summed E-state index contributed by atoms with van der Waals surface area (Å²) in [6.45, 7) is 0. The van der Waals surface area contributed by atoms with Gasteiger partial charge in [0.15, 0.2) is 0 Å². The summed E-state index contributed by atoms with van der Waals surface area (Å²) in [5, 5.41) is 4.34. The normalized spacial score (nSPS) is 11.0. The molecule has 26 heavy (non-hydrogen) atoms. The minimum Gasteiger partial charge on any atom is -0.361 e. The monoisotopic (exact) mass is 340 g/mol. The van der Waals surface area contributed by atoms with Crippen LogP contribution in [0.25, 0.3) is 10.9 Å². The van der Waals surface area contributed by atoms with E-state index in [1.54, 1.807) is 0 Å². The number of carbonyl (C=O) groups is 1. The highest BCUT2D eigenvalue weighted by atomic mass is 16.1. The maximum atomic E-state index is 12.7. The first-order chi connectivity index (χ1) is 12.8. The Kier molecular flexibility index (Phi) is 4.52. The lowest BCUT2D eigenvalue weighted by molar-refractivity contribution is -0.120. The van der Waals surface area contributed by atoms with E-state index in [0.717, 1.165) is 27.6 Å². The Hall–Kier alpha value is -3.33. The van der Waals surface area contributed by atoms with Crippen molar-refractivity contribution in [3.05, 3.63) is 108 Å². The van der Waals surface area contributed by atoms with Crippen LogP contribution in [0.2, 0.25) is 0 Å². The number of hydrogen-bond donors (Lipinski definition) is 2. The summed E-state index contributed by atoms with van der Waals surface area (Å²) in [6, 6.07) is 28.1. The van der Waals surface area contributed by atoms with Crippen LogP contribution in [0, 0.1) is 0 Å². The van der Waals surface area contributed by atoms with Crippen molar-refractivity contribution in [2.24, 2.45) is 0 Å². The standard InChI is InChI=1S/C23H20N2O/c26-22(16-17-11-12-18-13-14-24-21(18)15-17)25-23(19-7-3-1-4-8-19)20-9-5-2-6-10-20/h1-15,23-24H,16H2,(H,25,26). The minimum absolute atomic E-state index is 0.00797. The molecule has 0 aliphatic heterocycles. The van der Waals surface area contributed by atoms with Crippen LogP contribution in [-0.2, 0) is 11.2 Å². The molecule has 0 aliphatic carbocycles. The van der Waals surface area contributed by atoms with E-state index in [9.17, 15) is 4.79 Å². The van der Waals surface area contributed by atoms with Crippen LogP contribution in [0.3, 0.4) is 0 Å². The maximum absolute atomic E-state index is 12.7. The predicted molar refractivity (Wildman–Crippen MR) is 105 cm³/mol. The second kappa shape index (κ2) is 7.28. The largest absolute Gasteiger partial charge is 0.361 e. The van der Waals surface area contributed by atoms with Crippen molar-refractivity contribution in [2.45, 2.75) is 12.5 Å². The molecular weight excluding hydrogens is 320 g/mol. The van der Waals surface area contributed by atoms with Gasteiger partial charge in [-0.05, 0) is 34.2 Å². The second-order valence-electron chi connectivity index (χ2n) is 6.40. The van der Waals surface area contributed by atoms with Crippen LogP contribution >= 0.6 is 0 Å². The van der Waals surface area contributed by atoms with E-state index >= 15 is 0 Å². The Morgan fingerprint density at radius 1 is 0.846 bits per heavy atom. The molecule has 0 saturated heterocycles. The molecule has 0 spiro atoms. The predicted octanol–water partition coefficient (Wildman–Crippen LogP) is 4.62. The number of aromatic amines is 1. The van der Waals surface area contributed by atoms with E-state index in [0.29, 0.717) is 6.42 Å². The fourth-order valence-electron chi connectivity index (χ4n) is 3.25. The molecule has 0 radical (unpaired) electrons. The van der Waals surface area contributed by atoms with Gasteiger partial charge in [-0.15, -0.1) is 0 Å². The zero-order valence-corrected chi connectivity index (χ0v) is 14.4. The fourth-order valence-corrected chi connectivity index (χ4v) is 3.25. The van der Waals surface area contributed by atoms with Crippen LogP contribution in [0.5, 0.6) is 0 Å². The second-order valence-corrected chi connectivity index (χ2v) is 6.40. The first-order valence-electron chi connectivity index (χ1n) is 8.75. The summed E-state index contributed by atoms with van der Waals surface area (Å²) < 4.78 is 0. The van der Waals surface area contributed by atoms with Crippen molar-refractivity contribution in [1.29, 1.82) is 0 Å². The van der Waals surface area contributed by atoms with E-state index in [2.05, 4.69) is 10.3 Å². The number of carbonyl (C=O) groups excluding carboxylic acids is 1. The van der Waals surface area contributed by atoms with Crippen molar-refractivity contribution >= 4 is 16.8 Å². The van der Waals surface area contributed by atoms with E-state index in [-0.39, 0.29) is 11.9 Å². The molecule has 2 N–H and O–H groups in total. The lowest BCUT2D eigenvalue weighted by Crippen LogP contribution is -2.30. The molecule has 0 bridgehead atoms. The van der Waals surface area contributed by atoms with E-state index in [4.69, 9.17) is 0 Å². The van der Waals surface area contributed by atoms with Gasteiger partial charge in [0.05, 0.1) is 12.5 Å². The molecule has 3 nitrogen and oxygen atoms in total. The molecule has 3 heteroatoms. The van der Waals surface area contributed by atoms with Crippen molar-refractivity contribution in [3.63, 3.8) is 0 Å². The molecule has 0 unspecified atom stereocenters. The van der Waals surface area contributed by atoms with E-state index in [1.807, 2.05) is 91.1 Å². The van der Waals surface area contributed by atoms with E-state index in [1.165, 1.54) is 0 Å². The van der Waals surface area contributed by atoms with Gasteiger partial charge < -0.3 is 10.3 Å². The molecule has 128 valence electrons. The average molecular weight is 340 g/mol. The average Bonchev–Trinajstić information content (AvgIpc) is 3.15. The van der Waals surface area contributed by atoms with Crippen molar-refractivity contribution in [3.8, 4) is 0 Å². The lowest BCUT2D eigenvalue weighted by Gasteiger charge is -2.20. The minimum atomic E-state index is -0.154. The van der Waals surface area contributed by atoms with Crippen LogP contribution < -0.4 is 5.32 Å². The van der Waals surface area contributed by atoms with Crippen molar-refractivity contribution in [2.75, 3.05) is 0 Å². The van der Waals surface area contributed by atoms with Crippen molar-refractivity contribution in [1.82, 2.24) is 10.3 Å². The van der Waals surface area contributed by atoms with Gasteiger partial charge >= 0.3 is 0 Å². The number of rotatable bonds is 5. The Balaban J connectivity index is 1.56. The van der Waals surface area contributed by atoms with Gasteiger partial charge in [0.1, 0.15) is 0 Å². The molecule has 1 aromatic heterocycles. The summed E-state index contributed by atoms with van der Waals surface area (Å²) in [5.41, 5.74) is 4.20. The molecular formula is C23H20N2O. The van der Waals surface area contributed by atoms with Gasteiger partial charge in [-0.2, -0.15) is 0 Å². The summed E-state index contributed by atoms with van der Waals surface area (Å²) >= 11 is 0. The maximum Gasteiger partial charge on any atom is 0.225 e. The summed E-state index contributed by atoms with van der Waals surface area (Å²) in [6.07, 6.45) is 2.26. The van der Waals surface area contributed by atoms with Crippen LogP contribution in [0.1, 0.15) is 22.7 Å². The highest BCUT2D eigenvalue weighted by Gasteiger charge is 2.16. The molecule has 1 amide bonds. The summed E-state index contributed by atoms with van der Waals surface area (Å²) in [5.74, 6) is 0.00797. The zero-order chi connectivity index (χ0) is 17.8. The first kappa shape index (κ1) is 16.2. The van der Waals surface area contributed by atoms with Gasteiger partial charge in [0.25, 0.3) is 0 Å². The topological polar surface area (TPSA) is 44.9 Å². The van der Waals surface area contributed by atoms with Crippen molar-refractivity contribution < 1.29 is 4.79 Å². The molecule has 0 atom stereocenters. The Labute approximate surface area is 152 Å². The van der Waals surface area contributed by atoms with Gasteiger partial charge in [-0.3, -0.25) is 4.79 Å². The Morgan fingerprint density at radius 3 is 2.15 bits per heavy atom. The molecule has 0 aliphatic rings. The zero-order valence-electron chi connectivity index (χ0n) is 14.4. The number of hydrogen-bond acceptors (Lipinski definition) is 1. The third kappa shape index (κ3) is 3.52. The molecule has 1 heterocycles. The Bertz CT molecular complexity index is 967. The highest BCUT2D eigenvalue weighted by Crippen LogP contribution is 2.22.